The predicted octanol–water partition coefficient (Wildman–Crippen LogP) is 1.26. The Balaban J connectivity index is 1.90. The van der Waals surface area contributed by atoms with E-state index >= 15 is 0 Å². The molecule has 0 spiro atoms. The van der Waals surface area contributed by atoms with E-state index in [1.165, 1.54) is 18.5 Å². The van der Waals surface area contributed by atoms with E-state index in [1.54, 1.807) is 0 Å². The summed E-state index contributed by atoms with van der Waals surface area (Å²) >= 11 is 0. The molecule has 1 aromatic rings. The van der Waals surface area contributed by atoms with Crippen molar-refractivity contribution in [2.24, 2.45) is 0 Å². The first-order valence-electron chi connectivity index (χ1n) is 4.77. The highest BCUT2D eigenvalue weighted by Gasteiger charge is 2.24. The summed E-state index contributed by atoms with van der Waals surface area (Å²) in [5.74, 6) is 0. The van der Waals surface area contributed by atoms with E-state index in [2.05, 4.69) is 15.0 Å². The molecule has 2 rings (SSSR count). The zero-order valence-corrected chi connectivity index (χ0v) is 7.86. The third-order valence-electron chi connectivity index (χ3n) is 2.19. The first kappa shape index (κ1) is 8.72. The number of hydroxylamine groups is 1. The first-order valence-corrected chi connectivity index (χ1v) is 4.77. The molecule has 0 atom stereocenters. The van der Waals surface area contributed by atoms with Gasteiger partial charge in [0.25, 0.3) is 0 Å². The molecule has 4 nitrogen and oxygen atoms in total. The second-order valence-corrected chi connectivity index (χ2v) is 3.28. The molecule has 0 unspecified atom stereocenters. The summed E-state index contributed by atoms with van der Waals surface area (Å²) < 4.78 is 2.23. The average Bonchev–Trinajstić information content (AvgIpc) is 2.88. The van der Waals surface area contributed by atoms with Crippen LogP contribution in [0.4, 0.5) is 0 Å². The van der Waals surface area contributed by atoms with E-state index in [1.807, 2.05) is 19.4 Å². The molecular formula is C9H15N3O. The number of imidazole rings is 1. The van der Waals surface area contributed by atoms with E-state index in [4.69, 9.17) is 4.84 Å². The van der Waals surface area contributed by atoms with E-state index in [0.717, 1.165) is 6.54 Å². The molecule has 13 heavy (non-hydrogen) atoms. The van der Waals surface area contributed by atoms with Crippen LogP contribution in [0.15, 0.2) is 12.5 Å². The second kappa shape index (κ2) is 3.89. The highest BCUT2D eigenvalue weighted by Crippen LogP contribution is 2.35. The Bertz CT molecular complexity index is 268. The lowest BCUT2D eigenvalue weighted by molar-refractivity contribution is 0.0450. The maximum absolute atomic E-state index is 5.07. The standard InChI is InChI=1S/C9H15N3O/c1-2-13-11-6-9-5-10-7-12(9)8-3-4-8/h5,7-8,11H,2-4,6H2,1H3. The third-order valence-corrected chi connectivity index (χ3v) is 2.19. The topological polar surface area (TPSA) is 39.1 Å². The van der Waals surface area contributed by atoms with Crippen molar-refractivity contribution in [3.63, 3.8) is 0 Å². The van der Waals surface area contributed by atoms with Crippen molar-refractivity contribution >= 4 is 0 Å². The highest BCUT2D eigenvalue weighted by atomic mass is 16.6. The van der Waals surface area contributed by atoms with Gasteiger partial charge < -0.3 is 9.40 Å². The van der Waals surface area contributed by atoms with Crippen LogP contribution in [0.5, 0.6) is 0 Å². The Labute approximate surface area is 77.9 Å². The van der Waals surface area contributed by atoms with Gasteiger partial charge in [-0.15, -0.1) is 0 Å². The third kappa shape index (κ3) is 2.08. The van der Waals surface area contributed by atoms with E-state index in [0.29, 0.717) is 12.6 Å². The molecule has 0 bridgehead atoms. The lowest BCUT2D eigenvalue weighted by Crippen LogP contribution is -2.16. The molecule has 1 fully saturated rings. The lowest BCUT2D eigenvalue weighted by Gasteiger charge is -2.06. The molecular weight excluding hydrogens is 166 g/mol. The Morgan fingerprint density at radius 1 is 1.69 bits per heavy atom. The van der Waals surface area contributed by atoms with Crippen LogP contribution in [0.1, 0.15) is 31.5 Å². The molecule has 0 amide bonds. The van der Waals surface area contributed by atoms with Crippen LogP contribution in [-0.4, -0.2) is 16.2 Å². The molecule has 0 aromatic carbocycles. The molecule has 1 heterocycles. The Morgan fingerprint density at radius 3 is 3.23 bits per heavy atom. The number of rotatable bonds is 5. The monoisotopic (exact) mass is 181 g/mol. The zero-order chi connectivity index (χ0) is 9.10. The minimum absolute atomic E-state index is 0.692. The quantitative estimate of drug-likeness (QED) is 0.549. The average molecular weight is 181 g/mol. The van der Waals surface area contributed by atoms with Crippen molar-refractivity contribution < 1.29 is 4.84 Å². The maximum atomic E-state index is 5.07. The number of nitrogens with one attached hydrogen (secondary N) is 1. The molecule has 1 aromatic heterocycles. The van der Waals surface area contributed by atoms with Gasteiger partial charge in [0.1, 0.15) is 0 Å². The lowest BCUT2D eigenvalue weighted by atomic mass is 10.4. The number of hydrogen-bond acceptors (Lipinski definition) is 3. The summed E-state index contributed by atoms with van der Waals surface area (Å²) in [7, 11) is 0. The van der Waals surface area contributed by atoms with Crippen LogP contribution < -0.4 is 5.48 Å². The normalized spacial score (nSPS) is 16.4. The van der Waals surface area contributed by atoms with Gasteiger partial charge in [0.2, 0.25) is 0 Å². The van der Waals surface area contributed by atoms with Gasteiger partial charge >= 0.3 is 0 Å². The summed E-state index contributed by atoms with van der Waals surface area (Å²) in [6, 6.07) is 0.695. The molecule has 0 aliphatic heterocycles. The van der Waals surface area contributed by atoms with Crippen LogP contribution >= 0.6 is 0 Å². The van der Waals surface area contributed by atoms with Crippen molar-refractivity contribution in [2.75, 3.05) is 6.61 Å². The van der Waals surface area contributed by atoms with Gasteiger partial charge in [0.05, 0.1) is 25.2 Å². The van der Waals surface area contributed by atoms with Crippen molar-refractivity contribution in [1.82, 2.24) is 15.0 Å². The van der Waals surface area contributed by atoms with Crippen LogP contribution in [0.25, 0.3) is 0 Å². The predicted molar refractivity (Wildman–Crippen MR) is 49.0 cm³/mol. The molecule has 1 N–H and O–H groups in total. The molecule has 1 aliphatic carbocycles. The number of aromatic nitrogens is 2. The first-order chi connectivity index (χ1) is 6.42. The fraction of sp³-hybridized carbons (Fsp3) is 0.667. The molecule has 4 heteroatoms. The summed E-state index contributed by atoms with van der Waals surface area (Å²) in [5.41, 5.74) is 4.10. The molecule has 1 aliphatic rings. The zero-order valence-electron chi connectivity index (χ0n) is 7.86. The Hall–Kier alpha value is -0.870. The van der Waals surface area contributed by atoms with Crippen molar-refractivity contribution in [2.45, 2.75) is 32.4 Å². The number of nitrogens with zero attached hydrogens (tertiary/aromatic N) is 2. The van der Waals surface area contributed by atoms with Gasteiger partial charge in [-0.3, -0.25) is 0 Å². The summed E-state index contributed by atoms with van der Waals surface area (Å²) in [6.45, 7) is 3.40. The van der Waals surface area contributed by atoms with Crippen molar-refractivity contribution in [3.8, 4) is 0 Å². The van der Waals surface area contributed by atoms with Gasteiger partial charge in [-0.05, 0) is 19.8 Å². The van der Waals surface area contributed by atoms with E-state index in [-0.39, 0.29) is 0 Å². The number of hydrogen-bond donors (Lipinski definition) is 1. The Kier molecular flexibility index (Phi) is 2.61. The fourth-order valence-electron chi connectivity index (χ4n) is 1.38. The van der Waals surface area contributed by atoms with Crippen LogP contribution in [-0.2, 0) is 11.4 Å². The summed E-state index contributed by atoms with van der Waals surface area (Å²) in [4.78, 5) is 9.20. The van der Waals surface area contributed by atoms with Crippen LogP contribution in [0, 0.1) is 0 Å². The molecule has 1 saturated carbocycles. The van der Waals surface area contributed by atoms with Gasteiger partial charge in [-0.25, -0.2) is 4.98 Å². The Morgan fingerprint density at radius 2 is 2.54 bits per heavy atom. The molecule has 72 valence electrons. The van der Waals surface area contributed by atoms with Gasteiger partial charge in [-0.1, -0.05) is 0 Å². The fourth-order valence-corrected chi connectivity index (χ4v) is 1.38. The maximum Gasteiger partial charge on any atom is 0.0951 e. The van der Waals surface area contributed by atoms with Crippen molar-refractivity contribution in [3.05, 3.63) is 18.2 Å². The minimum Gasteiger partial charge on any atom is -0.330 e. The van der Waals surface area contributed by atoms with E-state index < -0.39 is 0 Å². The van der Waals surface area contributed by atoms with Gasteiger partial charge in [0.15, 0.2) is 0 Å². The largest absolute Gasteiger partial charge is 0.330 e. The van der Waals surface area contributed by atoms with Crippen LogP contribution in [0.3, 0.4) is 0 Å². The van der Waals surface area contributed by atoms with Crippen LogP contribution in [0.2, 0.25) is 0 Å². The smallest absolute Gasteiger partial charge is 0.0951 e. The van der Waals surface area contributed by atoms with Gasteiger partial charge in [0, 0.05) is 12.2 Å². The molecule has 0 radical (unpaired) electrons. The highest BCUT2D eigenvalue weighted by molar-refractivity contribution is 5.02. The SMILES string of the molecule is CCONCc1cncn1C1CC1. The molecule has 0 saturated heterocycles. The minimum atomic E-state index is 0.692. The summed E-state index contributed by atoms with van der Waals surface area (Å²) in [5, 5.41) is 0. The van der Waals surface area contributed by atoms with Crippen molar-refractivity contribution in [1.29, 1.82) is 0 Å². The van der Waals surface area contributed by atoms with E-state index in [9.17, 15) is 0 Å². The second-order valence-electron chi connectivity index (χ2n) is 3.28. The van der Waals surface area contributed by atoms with Gasteiger partial charge in [-0.2, -0.15) is 5.48 Å². The summed E-state index contributed by atoms with van der Waals surface area (Å²) in [6.07, 6.45) is 6.38.